The molecule has 6 heteroatoms. The average Bonchev–Trinajstić information content (AvgIpc) is 1.97. The quantitative estimate of drug-likeness (QED) is 0.281. The predicted molar refractivity (Wildman–Crippen MR) is 45.3 cm³/mol. The number of carboxylic acid groups (broad SMARTS) is 1. The molecule has 1 amide bonds. The third kappa shape index (κ3) is 6.98. The van der Waals surface area contributed by atoms with Crippen LogP contribution in [0, 0.1) is 5.41 Å². The van der Waals surface area contributed by atoms with Crippen molar-refractivity contribution in [2.75, 3.05) is 19.3 Å². The fraction of sp³-hybridized carbons (Fsp3) is 0.600. The second kappa shape index (κ2) is 5.84. The third-order valence-electron chi connectivity index (χ3n) is 0.891. The first-order valence-electron chi connectivity index (χ1n) is 3.00. The summed E-state index contributed by atoms with van der Waals surface area (Å²) in [6.45, 7) is 0.768. The molecule has 0 aromatic heterocycles. The first kappa shape index (κ1) is 10.1. The van der Waals surface area contributed by atoms with Crippen molar-refractivity contribution in [1.82, 2.24) is 10.6 Å². The largest absolute Gasteiger partial charge is 0.465 e. The van der Waals surface area contributed by atoms with Crippen molar-refractivity contribution in [3.8, 4) is 0 Å². The van der Waals surface area contributed by atoms with Crippen LogP contribution in [0.4, 0.5) is 4.79 Å². The van der Waals surface area contributed by atoms with Gasteiger partial charge in [-0.15, -0.1) is 0 Å². The fourth-order valence-electron chi connectivity index (χ4n) is 0.418. The molecule has 0 aliphatic heterocycles. The molecular weight excluding hydrogens is 166 g/mol. The van der Waals surface area contributed by atoms with Crippen molar-refractivity contribution in [2.24, 2.45) is 0 Å². The molecular formula is C5H11N3O2S. The van der Waals surface area contributed by atoms with Gasteiger partial charge in [0.2, 0.25) is 0 Å². The standard InChI is InChI=1S/C5H11N3O2S/c1-11-4(6)7-2-3-8-5(9)10/h8H,2-3H2,1H3,(H2,6,7)(H,9,10). The maximum absolute atomic E-state index is 9.92. The number of carbonyl (C=O) groups is 1. The van der Waals surface area contributed by atoms with Crippen molar-refractivity contribution in [2.45, 2.75) is 0 Å². The van der Waals surface area contributed by atoms with Gasteiger partial charge < -0.3 is 15.7 Å². The van der Waals surface area contributed by atoms with Gasteiger partial charge in [-0.3, -0.25) is 5.41 Å². The van der Waals surface area contributed by atoms with Crippen LogP contribution in [-0.4, -0.2) is 35.7 Å². The lowest BCUT2D eigenvalue weighted by atomic mass is 10.6. The maximum atomic E-state index is 9.92. The van der Waals surface area contributed by atoms with Crippen LogP contribution in [0.3, 0.4) is 0 Å². The molecule has 0 saturated carbocycles. The second-order valence-electron chi connectivity index (χ2n) is 1.69. The zero-order chi connectivity index (χ0) is 8.69. The first-order chi connectivity index (χ1) is 5.16. The van der Waals surface area contributed by atoms with Gasteiger partial charge in [0.25, 0.3) is 0 Å². The predicted octanol–water partition coefficient (Wildman–Crippen LogP) is 0.141. The van der Waals surface area contributed by atoms with Crippen molar-refractivity contribution < 1.29 is 9.90 Å². The Hall–Kier alpha value is -0.910. The van der Waals surface area contributed by atoms with Gasteiger partial charge in [-0.05, 0) is 6.26 Å². The summed E-state index contributed by atoms with van der Waals surface area (Å²) in [6.07, 6.45) is 0.738. The van der Waals surface area contributed by atoms with E-state index in [0.29, 0.717) is 18.3 Å². The monoisotopic (exact) mass is 177 g/mol. The summed E-state index contributed by atoms with van der Waals surface area (Å²) in [6, 6.07) is 0. The summed E-state index contributed by atoms with van der Waals surface area (Å²) in [5, 5.41) is 20.5. The molecule has 0 radical (unpaired) electrons. The van der Waals surface area contributed by atoms with Crippen LogP contribution in [0.25, 0.3) is 0 Å². The number of amides is 1. The van der Waals surface area contributed by atoms with E-state index >= 15 is 0 Å². The van der Waals surface area contributed by atoms with Gasteiger partial charge in [0.05, 0.1) is 0 Å². The van der Waals surface area contributed by atoms with Crippen LogP contribution in [0.2, 0.25) is 0 Å². The van der Waals surface area contributed by atoms with Gasteiger partial charge in [0, 0.05) is 13.1 Å². The molecule has 0 aliphatic carbocycles. The van der Waals surface area contributed by atoms with Gasteiger partial charge in [0.15, 0.2) is 5.17 Å². The Morgan fingerprint density at radius 2 is 2.09 bits per heavy atom. The summed E-state index contributed by atoms with van der Waals surface area (Å²) in [5.41, 5.74) is 0. The summed E-state index contributed by atoms with van der Waals surface area (Å²) in [7, 11) is 0. The highest BCUT2D eigenvalue weighted by atomic mass is 32.2. The van der Waals surface area contributed by atoms with Crippen molar-refractivity contribution in [3.05, 3.63) is 0 Å². The molecule has 4 N–H and O–H groups in total. The number of thioether (sulfide) groups is 1. The van der Waals surface area contributed by atoms with E-state index in [1.54, 1.807) is 6.26 Å². The zero-order valence-electron chi connectivity index (χ0n) is 6.18. The Morgan fingerprint density at radius 1 is 1.55 bits per heavy atom. The number of hydrogen-bond donors (Lipinski definition) is 4. The van der Waals surface area contributed by atoms with Crippen LogP contribution in [0.15, 0.2) is 0 Å². The maximum Gasteiger partial charge on any atom is 0.404 e. The van der Waals surface area contributed by atoms with Crippen LogP contribution in [0.1, 0.15) is 0 Å². The fourth-order valence-corrected chi connectivity index (χ4v) is 0.664. The SMILES string of the molecule is CSC(=N)NCCNC(=O)O. The van der Waals surface area contributed by atoms with E-state index in [0.717, 1.165) is 0 Å². The molecule has 0 saturated heterocycles. The normalized spacial score (nSPS) is 8.82. The Bertz CT molecular complexity index is 151. The lowest BCUT2D eigenvalue weighted by Crippen LogP contribution is -2.32. The highest BCUT2D eigenvalue weighted by molar-refractivity contribution is 8.13. The number of hydrogen-bond acceptors (Lipinski definition) is 3. The minimum atomic E-state index is -1.04. The van der Waals surface area contributed by atoms with E-state index in [9.17, 15) is 4.79 Å². The Balaban J connectivity index is 3.14. The van der Waals surface area contributed by atoms with E-state index < -0.39 is 6.09 Å². The lowest BCUT2D eigenvalue weighted by Gasteiger charge is -2.03. The third-order valence-corrected chi connectivity index (χ3v) is 1.44. The molecule has 5 nitrogen and oxygen atoms in total. The topological polar surface area (TPSA) is 85.2 Å². The minimum Gasteiger partial charge on any atom is -0.465 e. The van der Waals surface area contributed by atoms with E-state index in [1.807, 2.05) is 0 Å². The molecule has 0 aromatic carbocycles. The highest BCUT2D eigenvalue weighted by Gasteiger charge is 1.93. The Morgan fingerprint density at radius 3 is 2.55 bits per heavy atom. The summed E-state index contributed by atoms with van der Waals surface area (Å²) >= 11 is 1.28. The minimum absolute atomic E-state index is 0.318. The first-order valence-corrected chi connectivity index (χ1v) is 4.22. The van der Waals surface area contributed by atoms with Gasteiger partial charge >= 0.3 is 6.09 Å². The van der Waals surface area contributed by atoms with Gasteiger partial charge in [-0.1, -0.05) is 11.8 Å². The molecule has 0 unspecified atom stereocenters. The van der Waals surface area contributed by atoms with Crippen LogP contribution in [-0.2, 0) is 0 Å². The van der Waals surface area contributed by atoms with Crippen LogP contribution < -0.4 is 10.6 Å². The number of amidine groups is 1. The Labute approximate surface area is 69.1 Å². The summed E-state index contributed by atoms with van der Waals surface area (Å²) in [5.74, 6) is 0. The van der Waals surface area contributed by atoms with Gasteiger partial charge in [-0.25, -0.2) is 4.79 Å². The van der Waals surface area contributed by atoms with E-state index in [-0.39, 0.29) is 0 Å². The molecule has 64 valence electrons. The molecule has 0 fully saturated rings. The van der Waals surface area contributed by atoms with Crippen molar-refractivity contribution in [3.63, 3.8) is 0 Å². The molecule has 0 rings (SSSR count). The van der Waals surface area contributed by atoms with E-state index in [2.05, 4.69) is 10.6 Å². The number of nitrogens with one attached hydrogen (secondary N) is 3. The number of rotatable bonds is 3. The van der Waals surface area contributed by atoms with Crippen LogP contribution >= 0.6 is 11.8 Å². The van der Waals surface area contributed by atoms with Crippen molar-refractivity contribution in [1.29, 1.82) is 5.41 Å². The van der Waals surface area contributed by atoms with E-state index in [1.165, 1.54) is 11.8 Å². The average molecular weight is 177 g/mol. The molecule has 0 aliphatic rings. The van der Waals surface area contributed by atoms with Crippen molar-refractivity contribution >= 4 is 23.0 Å². The lowest BCUT2D eigenvalue weighted by molar-refractivity contribution is 0.194. The van der Waals surface area contributed by atoms with E-state index in [4.69, 9.17) is 10.5 Å². The smallest absolute Gasteiger partial charge is 0.404 e. The summed E-state index contributed by atoms with van der Waals surface area (Å²) < 4.78 is 0. The Kier molecular flexibility index (Phi) is 5.36. The highest BCUT2D eigenvalue weighted by Crippen LogP contribution is 1.88. The van der Waals surface area contributed by atoms with Gasteiger partial charge in [0.1, 0.15) is 0 Å². The zero-order valence-corrected chi connectivity index (χ0v) is 6.99. The summed E-state index contributed by atoms with van der Waals surface area (Å²) in [4.78, 5) is 9.92. The molecule has 0 heterocycles. The van der Waals surface area contributed by atoms with Crippen LogP contribution in [0.5, 0.6) is 0 Å². The molecule has 0 aromatic rings. The second-order valence-corrected chi connectivity index (χ2v) is 2.51. The molecule has 0 bridgehead atoms. The molecule has 11 heavy (non-hydrogen) atoms. The molecule has 0 spiro atoms. The van der Waals surface area contributed by atoms with Gasteiger partial charge in [-0.2, -0.15) is 0 Å². The molecule has 0 atom stereocenters.